The zero-order valence-electron chi connectivity index (χ0n) is 11.0. The Morgan fingerprint density at radius 2 is 2.11 bits per heavy atom. The van der Waals surface area contributed by atoms with Crippen LogP contribution in [-0.4, -0.2) is 11.2 Å². The standard InChI is InChI=1S/C16H17NO2/c1-12-5-4-9-17(16(12)18)11-13-8-10-19-15-7-3-2-6-14(13)15/h2-7,9,13H,8,10-11H2,1H3. The predicted molar refractivity (Wildman–Crippen MR) is 74.7 cm³/mol. The number of rotatable bonds is 2. The minimum absolute atomic E-state index is 0.103. The first kappa shape index (κ1) is 12.0. The molecule has 1 aromatic heterocycles. The fraction of sp³-hybridized carbons (Fsp3) is 0.312. The van der Waals surface area contributed by atoms with Crippen LogP contribution in [-0.2, 0) is 6.54 Å². The predicted octanol–water partition coefficient (Wildman–Crippen LogP) is 2.72. The quantitative estimate of drug-likeness (QED) is 0.826. The van der Waals surface area contributed by atoms with Gasteiger partial charge in [-0.3, -0.25) is 4.79 Å². The Morgan fingerprint density at radius 1 is 1.26 bits per heavy atom. The van der Waals surface area contributed by atoms with Crippen molar-refractivity contribution in [3.05, 3.63) is 64.1 Å². The van der Waals surface area contributed by atoms with E-state index in [1.54, 1.807) is 0 Å². The van der Waals surface area contributed by atoms with Gasteiger partial charge >= 0.3 is 0 Å². The molecule has 0 radical (unpaired) electrons. The number of ether oxygens (including phenoxy) is 1. The van der Waals surface area contributed by atoms with E-state index in [1.165, 1.54) is 5.56 Å². The lowest BCUT2D eigenvalue weighted by Crippen LogP contribution is -2.26. The van der Waals surface area contributed by atoms with Crippen LogP contribution in [0.15, 0.2) is 47.4 Å². The Hall–Kier alpha value is -2.03. The van der Waals surface area contributed by atoms with E-state index < -0.39 is 0 Å². The molecule has 1 atom stereocenters. The zero-order valence-corrected chi connectivity index (χ0v) is 11.0. The van der Waals surface area contributed by atoms with E-state index in [2.05, 4.69) is 6.07 Å². The summed E-state index contributed by atoms with van der Waals surface area (Å²) in [6.07, 6.45) is 2.82. The van der Waals surface area contributed by atoms with Crippen molar-refractivity contribution >= 4 is 0 Å². The molecule has 3 heteroatoms. The molecule has 0 amide bonds. The highest BCUT2D eigenvalue weighted by atomic mass is 16.5. The number of para-hydroxylation sites is 1. The van der Waals surface area contributed by atoms with E-state index in [0.29, 0.717) is 5.92 Å². The van der Waals surface area contributed by atoms with Gasteiger partial charge in [0.15, 0.2) is 0 Å². The van der Waals surface area contributed by atoms with E-state index in [1.807, 2.05) is 48.0 Å². The number of pyridine rings is 1. The first-order chi connectivity index (χ1) is 9.25. The van der Waals surface area contributed by atoms with Crippen molar-refractivity contribution in [2.24, 2.45) is 0 Å². The van der Waals surface area contributed by atoms with Crippen molar-refractivity contribution in [3.63, 3.8) is 0 Å². The molecular formula is C16H17NO2. The third-order valence-corrected chi connectivity index (χ3v) is 3.71. The number of benzene rings is 1. The maximum absolute atomic E-state index is 12.1. The Kier molecular flexibility index (Phi) is 3.11. The van der Waals surface area contributed by atoms with E-state index in [0.717, 1.165) is 30.9 Å². The third kappa shape index (κ3) is 2.28. The van der Waals surface area contributed by atoms with Crippen LogP contribution in [0.5, 0.6) is 5.75 Å². The van der Waals surface area contributed by atoms with Crippen molar-refractivity contribution in [2.75, 3.05) is 6.61 Å². The molecule has 3 nitrogen and oxygen atoms in total. The average Bonchev–Trinajstić information content (AvgIpc) is 2.44. The molecule has 1 aliphatic heterocycles. The minimum Gasteiger partial charge on any atom is -0.493 e. The summed E-state index contributed by atoms with van der Waals surface area (Å²) in [7, 11) is 0. The number of hydrogen-bond acceptors (Lipinski definition) is 2. The van der Waals surface area contributed by atoms with Crippen LogP contribution in [0.1, 0.15) is 23.5 Å². The van der Waals surface area contributed by atoms with Gasteiger partial charge in [-0.1, -0.05) is 24.3 Å². The van der Waals surface area contributed by atoms with E-state index >= 15 is 0 Å². The van der Waals surface area contributed by atoms with Crippen LogP contribution < -0.4 is 10.3 Å². The van der Waals surface area contributed by atoms with Gasteiger partial charge in [0.25, 0.3) is 5.56 Å². The second-order valence-electron chi connectivity index (χ2n) is 5.02. The summed E-state index contributed by atoms with van der Waals surface area (Å²) >= 11 is 0. The monoisotopic (exact) mass is 255 g/mol. The van der Waals surface area contributed by atoms with E-state index in [4.69, 9.17) is 4.74 Å². The summed E-state index contributed by atoms with van der Waals surface area (Å²) < 4.78 is 7.47. The fourth-order valence-electron chi connectivity index (χ4n) is 2.64. The van der Waals surface area contributed by atoms with E-state index in [-0.39, 0.29) is 5.56 Å². The number of hydrogen-bond donors (Lipinski definition) is 0. The average molecular weight is 255 g/mol. The van der Waals surface area contributed by atoms with Crippen LogP contribution in [0.2, 0.25) is 0 Å². The van der Waals surface area contributed by atoms with Gasteiger partial charge in [0.2, 0.25) is 0 Å². The lowest BCUT2D eigenvalue weighted by molar-refractivity contribution is 0.258. The van der Waals surface area contributed by atoms with Gasteiger partial charge in [-0.05, 0) is 31.0 Å². The largest absolute Gasteiger partial charge is 0.493 e. The van der Waals surface area contributed by atoms with Gasteiger partial charge in [-0.2, -0.15) is 0 Å². The smallest absolute Gasteiger partial charge is 0.253 e. The molecular weight excluding hydrogens is 238 g/mol. The molecule has 0 N–H and O–H groups in total. The molecule has 98 valence electrons. The van der Waals surface area contributed by atoms with Crippen LogP contribution in [0.25, 0.3) is 0 Å². The fourth-order valence-corrected chi connectivity index (χ4v) is 2.64. The molecule has 2 aromatic rings. The number of aromatic nitrogens is 1. The molecule has 1 aliphatic rings. The Balaban J connectivity index is 1.93. The SMILES string of the molecule is Cc1cccn(CC2CCOc3ccccc32)c1=O. The first-order valence-electron chi connectivity index (χ1n) is 6.63. The Labute approximate surface area is 112 Å². The second-order valence-corrected chi connectivity index (χ2v) is 5.02. The highest BCUT2D eigenvalue weighted by Gasteiger charge is 2.21. The number of nitrogens with zero attached hydrogens (tertiary/aromatic N) is 1. The number of aryl methyl sites for hydroxylation is 1. The molecule has 0 bridgehead atoms. The van der Waals surface area contributed by atoms with E-state index in [9.17, 15) is 4.79 Å². The third-order valence-electron chi connectivity index (χ3n) is 3.71. The summed E-state index contributed by atoms with van der Waals surface area (Å²) in [4.78, 5) is 12.1. The van der Waals surface area contributed by atoms with Crippen molar-refractivity contribution in [1.29, 1.82) is 0 Å². The minimum atomic E-state index is 0.103. The summed E-state index contributed by atoms with van der Waals surface area (Å²) in [5, 5.41) is 0. The van der Waals surface area contributed by atoms with Crippen molar-refractivity contribution in [2.45, 2.75) is 25.8 Å². The van der Waals surface area contributed by atoms with Gasteiger partial charge in [0.1, 0.15) is 5.75 Å². The first-order valence-corrected chi connectivity index (χ1v) is 6.63. The number of fused-ring (bicyclic) bond motifs is 1. The molecule has 0 saturated carbocycles. The van der Waals surface area contributed by atoms with Gasteiger partial charge in [-0.25, -0.2) is 0 Å². The summed E-state index contributed by atoms with van der Waals surface area (Å²) in [5.74, 6) is 1.31. The molecule has 0 spiro atoms. The van der Waals surface area contributed by atoms with Gasteiger partial charge in [0.05, 0.1) is 6.61 Å². The summed E-state index contributed by atoms with van der Waals surface area (Å²) in [6.45, 7) is 3.31. The normalized spacial score (nSPS) is 17.6. The molecule has 19 heavy (non-hydrogen) atoms. The maximum Gasteiger partial charge on any atom is 0.253 e. The lowest BCUT2D eigenvalue weighted by atomic mass is 9.93. The highest BCUT2D eigenvalue weighted by molar-refractivity contribution is 5.37. The maximum atomic E-state index is 12.1. The molecule has 0 aliphatic carbocycles. The zero-order chi connectivity index (χ0) is 13.2. The topological polar surface area (TPSA) is 31.2 Å². The summed E-state index contributed by atoms with van der Waals surface area (Å²) in [6, 6.07) is 11.9. The van der Waals surface area contributed by atoms with Gasteiger partial charge in [-0.15, -0.1) is 0 Å². The van der Waals surface area contributed by atoms with Crippen LogP contribution >= 0.6 is 0 Å². The molecule has 1 unspecified atom stereocenters. The van der Waals surface area contributed by atoms with Crippen LogP contribution in [0.3, 0.4) is 0 Å². The lowest BCUT2D eigenvalue weighted by Gasteiger charge is -2.26. The van der Waals surface area contributed by atoms with Crippen LogP contribution in [0, 0.1) is 6.92 Å². The molecule has 1 aromatic carbocycles. The van der Waals surface area contributed by atoms with Gasteiger partial charge < -0.3 is 9.30 Å². The molecule has 0 saturated heterocycles. The molecule has 0 fully saturated rings. The van der Waals surface area contributed by atoms with Crippen molar-refractivity contribution in [1.82, 2.24) is 4.57 Å². The van der Waals surface area contributed by atoms with Crippen molar-refractivity contribution in [3.8, 4) is 5.75 Å². The van der Waals surface area contributed by atoms with Crippen molar-refractivity contribution < 1.29 is 4.74 Å². The molecule has 3 rings (SSSR count). The molecule has 2 heterocycles. The Bertz CT molecular complexity index is 645. The van der Waals surface area contributed by atoms with Crippen LogP contribution in [0.4, 0.5) is 0 Å². The summed E-state index contributed by atoms with van der Waals surface area (Å²) in [5.41, 5.74) is 2.11. The van der Waals surface area contributed by atoms with Gasteiger partial charge in [0, 0.05) is 24.2 Å². The highest BCUT2D eigenvalue weighted by Crippen LogP contribution is 2.33. The second kappa shape index (κ2) is 4.92. The Morgan fingerprint density at radius 3 is 3.00 bits per heavy atom.